The van der Waals surface area contributed by atoms with E-state index in [1.54, 1.807) is 10.9 Å². The van der Waals surface area contributed by atoms with Gasteiger partial charge in [-0.3, -0.25) is 9.78 Å². The standard InChI is InChI=1S/C28H31N5O/c1-2-26(20-8-4-3-5-9-20)30-28(34)25-11-7-6-10-24(25)18-33-19-27(31-32-33)22-12-13-23-17-29-15-14-21(23)16-22/h6-7,10-17,19-20,26H,2-5,8-9,18H2,1H3,(H,30,34). The number of hydrogen-bond acceptors (Lipinski definition) is 4. The van der Waals surface area contributed by atoms with Crippen LogP contribution >= 0.6 is 0 Å². The molecule has 0 radical (unpaired) electrons. The largest absolute Gasteiger partial charge is 0.349 e. The second-order valence-corrected chi connectivity index (χ2v) is 9.28. The summed E-state index contributed by atoms with van der Waals surface area (Å²) in [6, 6.07) is 16.2. The van der Waals surface area contributed by atoms with Gasteiger partial charge in [-0.25, -0.2) is 4.68 Å². The molecule has 1 unspecified atom stereocenters. The fourth-order valence-electron chi connectivity index (χ4n) is 5.14. The lowest BCUT2D eigenvalue weighted by molar-refractivity contribution is 0.0910. The van der Waals surface area contributed by atoms with Crippen molar-refractivity contribution in [2.24, 2.45) is 5.92 Å². The van der Waals surface area contributed by atoms with Crippen LogP contribution in [0.3, 0.4) is 0 Å². The van der Waals surface area contributed by atoms with Crippen molar-refractivity contribution in [1.29, 1.82) is 0 Å². The molecule has 1 amide bonds. The van der Waals surface area contributed by atoms with Crippen molar-refractivity contribution in [3.05, 3.63) is 78.2 Å². The molecule has 1 aliphatic rings. The van der Waals surface area contributed by atoms with Crippen molar-refractivity contribution in [3.63, 3.8) is 0 Å². The lowest BCUT2D eigenvalue weighted by Crippen LogP contribution is -2.41. The van der Waals surface area contributed by atoms with Gasteiger partial charge < -0.3 is 5.32 Å². The number of carbonyl (C=O) groups excluding carboxylic acids is 1. The predicted octanol–water partition coefficient (Wildman–Crippen LogP) is 5.63. The van der Waals surface area contributed by atoms with Crippen molar-refractivity contribution < 1.29 is 4.79 Å². The molecule has 1 saturated carbocycles. The van der Waals surface area contributed by atoms with Gasteiger partial charge >= 0.3 is 0 Å². The van der Waals surface area contributed by atoms with Gasteiger partial charge in [0, 0.05) is 34.9 Å². The lowest BCUT2D eigenvalue weighted by atomic mass is 9.83. The van der Waals surface area contributed by atoms with Gasteiger partial charge in [0.1, 0.15) is 5.69 Å². The molecule has 2 aromatic carbocycles. The number of amides is 1. The van der Waals surface area contributed by atoms with Crippen LogP contribution in [0.25, 0.3) is 22.0 Å². The first-order chi connectivity index (χ1) is 16.7. The van der Waals surface area contributed by atoms with Gasteiger partial charge in [-0.1, -0.05) is 61.7 Å². The van der Waals surface area contributed by atoms with Crippen LogP contribution in [0.15, 0.2) is 67.1 Å². The zero-order chi connectivity index (χ0) is 23.3. The highest BCUT2D eigenvalue weighted by Gasteiger charge is 2.24. The molecule has 6 nitrogen and oxygen atoms in total. The number of pyridine rings is 1. The summed E-state index contributed by atoms with van der Waals surface area (Å²) in [4.78, 5) is 17.4. The van der Waals surface area contributed by atoms with Crippen molar-refractivity contribution >= 4 is 16.7 Å². The van der Waals surface area contributed by atoms with E-state index in [2.05, 4.69) is 33.6 Å². The van der Waals surface area contributed by atoms with E-state index >= 15 is 0 Å². The monoisotopic (exact) mass is 453 g/mol. The van der Waals surface area contributed by atoms with Gasteiger partial charge in [-0.2, -0.15) is 0 Å². The third-order valence-electron chi connectivity index (χ3n) is 7.04. The quantitative estimate of drug-likeness (QED) is 0.394. The number of aromatic nitrogens is 4. The summed E-state index contributed by atoms with van der Waals surface area (Å²) >= 11 is 0. The van der Waals surface area contributed by atoms with E-state index < -0.39 is 0 Å². The molecule has 5 rings (SSSR count). The first kappa shape index (κ1) is 22.3. The molecule has 1 aliphatic carbocycles. The molecule has 34 heavy (non-hydrogen) atoms. The summed E-state index contributed by atoms with van der Waals surface area (Å²) in [6.45, 7) is 2.67. The third-order valence-corrected chi connectivity index (χ3v) is 7.04. The normalized spacial score (nSPS) is 15.3. The molecule has 0 bridgehead atoms. The minimum absolute atomic E-state index is 0.0106. The maximum atomic E-state index is 13.3. The number of hydrogen-bond donors (Lipinski definition) is 1. The van der Waals surface area contributed by atoms with E-state index in [0.717, 1.165) is 34.0 Å². The van der Waals surface area contributed by atoms with E-state index in [-0.39, 0.29) is 11.9 Å². The summed E-state index contributed by atoms with van der Waals surface area (Å²) in [5.41, 5.74) is 3.48. The number of nitrogens with one attached hydrogen (secondary N) is 1. The van der Waals surface area contributed by atoms with E-state index in [0.29, 0.717) is 18.0 Å². The summed E-state index contributed by atoms with van der Waals surface area (Å²) < 4.78 is 1.80. The number of benzene rings is 2. The Labute approximate surface area is 200 Å². The smallest absolute Gasteiger partial charge is 0.251 e. The molecule has 1 N–H and O–H groups in total. The van der Waals surface area contributed by atoms with Crippen LogP contribution in [0.1, 0.15) is 61.4 Å². The SMILES string of the molecule is CCC(NC(=O)c1ccccc1Cn1cc(-c2ccc3cnccc3c2)nn1)C1CCCCC1. The molecular formula is C28H31N5O. The Morgan fingerprint density at radius 2 is 1.94 bits per heavy atom. The van der Waals surface area contributed by atoms with Crippen LogP contribution in [0.4, 0.5) is 0 Å². The molecule has 0 spiro atoms. The predicted molar refractivity (Wildman–Crippen MR) is 134 cm³/mol. The molecule has 0 aliphatic heterocycles. The van der Waals surface area contributed by atoms with Crippen LogP contribution < -0.4 is 5.32 Å². The Morgan fingerprint density at radius 3 is 2.79 bits per heavy atom. The lowest BCUT2D eigenvalue weighted by Gasteiger charge is -2.30. The highest BCUT2D eigenvalue weighted by atomic mass is 16.1. The van der Waals surface area contributed by atoms with Crippen LogP contribution in [0.2, 0.25) is 0 Å². The zero-order valence-electron chi connectivity index (χ0n) is 19.7. The van der Waals surface area contributed by atoms with Gasteiger partial charge in [-0.05, 0) is 54.3 Å². The number of rotatable bonds is 7. The highest BCUT2D eigenvalue weighted by molar-refractivity contribution is 5.96. The van der Waals surface area contributed by atoms with Gasteiger partial charge in [0.2, 0.25) is 0 Å². The maximum absolute atomic E-state index is 13.3. The van der Waals surface area contributed by atoms with Crippen molar-refractivity contribution in [1.82, 2.24) is 25.3 Å². The van der Waals surface area contributed by atoms with E-state index in [1.807, 2.05) is 54.9 Å². The Balaban J connectivity index is 1.32. The second kappa shape index (κ2) is 10.2. The molecule has 2 aromatic heterocycles. The number of fused-ring (bicyclic) bond motifs is 1. The van der Waals surface area contributed by atoms with Crippen LogP contribution in [-0.2, 0) is 6.54 Å². The van der Waals surface area contributed by atoms with Crippen LogP contribution in [0, 0.1) is 5.92 Å². The Bertz CT molecular complexity index is 1270. The fraction of sp³-hybridized carbons (Fsp3) is 0.357. The molecule has 1 fully saturated rings. The van der Waals surface area contributed by atoms with E-state index in [4.69, 9.17) is 0 Å². The number of carbonyl (C=O) groups is 1. The molecule has 2 heterocycles. The van der Waals surface area contributed by atoms with Gasteiger partial charge in [0.25, 0.3) is 5.91 Å². The van der Waals surface area contributed by atoms with E-state index in [9.17, 15) is 4.79 Å². The minimum Gasteiger partial charge on any atom is -0.349 e. The average Bonchev–Trinajstić information content (AvgIpc) is 3.36. The van der Waals surface area contributed by atoms with Crippen LogP contribution in [-0.4, -0.2) is 31.9 Å². The third kappa shape index (κ3) is 4.86. The summed E-state index contributed by atoms with van der Waals surface area (Å²) in [6.07, 6.45) is 12.9. The molecule has 4 aromatic rings. The Hall–Kier alpha value is -3.54. The zero-order valence-corrected chi connectivity index (χ0v) is 19.7. The van der Waals surface area contributed by atoms with E-state index in [1.165, 1.54) is 32.1 Å². The summed E-state index contributed by atoms with van der Waals surface area (Å²) in [5, 5.41) is 14.3. The van der Waals surface area contributed by atoms with Crippen molar-refractivity contribution in [3.8, 4) is 11.3 Å². The Kier molecular flexibility index (Phi) is 6.65. The summed E-state index contributed by atoms with van der Waals surface area (Å²) in [7, 11) is 0. The average molecular weight is 454 g/mol. The molecule has 0 saturated heterocycles. The van der Waals surface area contributed by atoms with Crippen LogP contribution in [0.5, 0.6) is 0 Å². The van der Waals surface area contributed by atoms with Crippen molar-refractivity contribution in [2.75, 3.05) is 0 Å². The molecule has 1 atom stereocenters. The first-order valence-electron chi connectivity index (χ1n) is 12.3. The highest BCUT2D eigenvalue weighted by Crippen LogP contribution is 2.28. The fourth-order valence-corrected chi connectivity index (χ4v) is 5.14. The first-order valence-corrected chi connectivity index (χ1v) is 12.3. The second-order valence-electron chi connectivity index (χ2n) is 9.28. The maximum Gasteiger partial charge on any atom is 0.251 e. The number of nitrogens with zero attached hydrogens (tertiary/aromatic N) is 4. The minimum atomic E-state index is 0.0106. The van der Waals surface area contributed by atoms with Gasteiger partial charge in [-0.15, -0.1) is 5.10 Å². The Morgan fingerprint density at radius 1 is 1.09 bits per heavy atom. The molecule has 6 heteroatoms. The van der Waals surface area contributed by atoms with Gasteiger partial charge in [0.15, 0.2) is 0 Å². The molecule has 174 valence electrons. The molecular weight excluding hydrogens is 422 g/mol. The van der Waals surface area contributed by atoms with Gasteiger partial charge in [0.05, 0.1) is 12.7 Å². The summed E-state index contributed by atoms with van der Waals surface area (Å²) in [5.74, 6) is 0.599. The van der Waals surface area contributed by atoms with Crippen molar-refractivity contribution in [2.45, 2.75) is 58.0 Å². The topological polar surface area (TPSA) is 72.7 Å².